The second-order valence-electron chi connectivity index (χ2n) is 4.22. The van der Waals surface area contributed by atoms with Crippen LogP contribution in [0.15, 0.2) is 40.3 Å². The lowest BCUT2D eigenvalue weighted by Gasteiger charge is -2.04. The highest BCUT2D eigenvalue weighted by Crippen LogP contribution is 2.28. The van der Waals surface area contributed by atoms with Crippen molar-refractivity contribution in [2.45, 2.75) is 13.5 Å². The average Bonchev–Trinajstić information content (AvgIpc) is 3.20. The molecule has 0 aliphatic carbocycles. The number of esters is 1. The molecule has 3 rings (SSSR count). The number of thiophene rings is 1. The highest BCUT2D eigenvalue weighted by molar-refractivity contribution is 7.13. The number of furan rings is 1. The molecule has 3 heterocycles. The van der Waals surface area contributed by atoms with Gasteiger partial charge in [-0.05, 0) is 30.5 Å². The second-order valence-corrected chi connectivity index (χ2v) is 5.17. The maximum absolute atomic E-state index is 12.0. The molecule has 0 spiro atoms. The van der Waals surface area contributed by atoms with Crippen molar-refractivity contribution >= 4 is 17.3 Å². The molecule has 0 fully saturated rings. The third-order valence-corrected chi connectivity index (χ3v) is 3.72. The van der Waals surface area contributed by atoms with Crippen LogP contribution in [-0.2, 0) is 11.3 Å². The third kappa shape index (κ3) is 2.73. The summed E-state index contributed by atoms with van der Waals surface area (Å²) in [6, 6.07) is 7.50. The lowest BCUT2D eigenvalue weighted by atomic mass is 10.2. The Morgan fingerprint density at radius 1 is 1.43 bits per heavy atom. The van der Waals surface area contributed by atoms with Gasteiger partial charge in [0.1, 0.15) is 18.0 Å². The molecule has 0 saturated carbocycles. The minimum Gasteiger partial charge on any atom is -0.467 e. The molecule has 0 aliphatic rings. The van der Waals surface area contributed by atoms with Crippen LogP contribution in [0.4, 0.5) is 0 Å². The smallest absolute Gasteiger partial charge is 0.361 e. The molecule has 0 atom stereocenters. The van der Waals surface area contributed by atoms with Crippen molar-refractivity contribution in [1.29, 1.82) is 0 Å². The summed E-state index contributed by atoms with van der Waals surface area (Å²) in [7, 11) is 0. The van der Waals surface area contributed by atoms with Gasteiger partial charge in [0.2, 0.25) is 0 Å². The van der Waals surface area contributed by atoms with Crippen LogP contribution in [0.2, 0.25) is 0 Å². The lowest BCUT2D eigenvalue weighted by Crippen LogP contribution is -2.08. The van der Waals surface area contributed by atoms with E-state index in [9.17, 15) is 4.79 Å². The van der Waals surface area contributed by atoms with Crippen molar-refractivity contribution in [2.75, 3.05) is 6.61 Å². The molecule has 0 aromatic carbocycles. The summed E-state index contributed by atoms with van der Waals surface area (Å²) >= 11 is 1.52. The van der Waals surface area contributed by atoms with Gasteiger partial charge in [0.05, 0.1) is 17.7 Å². The predicted molar refractivity (Wildman–Crippen MR) is 77.1 cm³/mol. The zero-order chi connectivity index (χ0) is 14.7. The maximum Gasteiger partial charge on any atom is 0.361 e. The molecule has 21 heavy (non-hydrogen) atoms. The SMILES string of the molecule is CCOC(=O)c1nnn(Cc2ccco2)c1-c1cccs1. The fourth-order valence-electron chi connectivity index (χ4n) is 1.97. The Labute approximate surface area is 125 Å². The van der Waals surface area contributed by atoms with Crippen molar-refractivity contribution in [1.82, 2.24) is 15.0 Å². The summed E-state index contributed by atoms with van der Waals surface area (Å²) in [6.45, 7) is 2.47. The molecule has 0 radical (unpaired) electrons. The van der Waals surface area contributed by atoms with Crippen LogP contribution in [-0.4, -0.2) is 27.6 Å². The summed E-state index contributed by atoms with van der Waals surface area (Å²) < 4.78 is 12.0. The molecule has 3 aromatic heterocycles. The Balaban J connectivity index is 2.02. The van der Waals surface area contributed by atoms with Gasteiger partial charge in [-0.3, -0.25) is 0 Å². The van der Waals surface area contributed by atoms with Crippen molar-refractivity contribution in [3.63, 3.8) is 0 Å². The van der Waals surface area contributed by atoms with E-state index < -0.39 is 5.97 Å². The highest BCUT2D eigenvalue weighted by Gasteiger charge is 2.23. The summed E-state index contributed by atoms with van der Waals surface area (Å²) in [5.74, 6) is 0.278. The van der Waals surface area contributed by atoms with E-state index in [1.54, 1.807) is 17.9 Å². The van der Waals surface area contributed by atoms with Crippen molar-refractivity contribution in [2.24, 2.45) is 0 Å². The van der Waals surface area contributed by atoms with Gasteiger partial charge in [-0.1, -0.05) is 11.3 Å². The molecule has 0 unspecified atom stereocenters. The average molecular weight is 303 g/mol. The molecular formula is C14H13N3O3S. The fourth-order valence-corrected chi connectivity index (χ4v) is 2.74. The molecule has 0 N–H and O–H groups in total. The van der Waals surface area contributed by atoms with Crippen LogP contribution < -0.4 is 0 Å². The zero-order valence-electron chi connectivity index (χ0n) is 11.4. The number of rotatable bonds is 5. The van der Waals surface area contributed by atoms with Crippen molar-refractivity contribution < 1.29 is 13.9 Å². The van der Waals surface area contributed by atoms with Crippen molar-refractivity contribution in [3.8, 4) is 10.6 Å². The van der Waals surface area contributed by atoms with E-state index in [2.05, 4.69) is 10.3 Å². The number of carbonyl (C=O) groups is 1. The molecular weight excluding hydrogens is 290 g/mol. The summed E-state index contributed by atoms with van der Waals surface area (Å²) in [5.41, 5.74) is 0.880. The molecule has 6 nitrogen and oxygen atoms in total. The largest absolute Gasteiger partial charge is 0.467 e. The topological polar surface area (TPSA) is 70.2 Å². The fraction of sp³-hybridized carbons (Fsp3) is 0.214. The first kappa shape index (κ1) is 13.6. The Bertz CT molecular complexity index is 717. The van der Waals surface area contributed by atoms with E-state index in [1.165, 1.54) is 11.3 Å². The minimum absolute atomic E-state index is 0.228. The van der Waals surface area contributed by atoms with Gasteiger partial charge in [0, 0.05) is 0 Å². The Morgan fingerprint density at radius 3 is 3.00 bits per heavy atom. The van der Waals surface area contributed by atoms with Crippen LogP contribution in [0.1, 0.15) is 23.2 Å². The first-order valence-corrected chi connectivity index (χ1v) is 7.34. The number of carbonyl (C=O) groups excluding carboxylic acids is 1. The molecule has 0 saturated heterocycles. The number of aromatic nitrogens is 3. The van der Waals surface area contributed by atoms with Gasteiger partial charge in [0.15, 0.2) is 5.69 Å². The van der Waals surface area contributed by atoms with Gasteiger partial charge in [-0.15, -0.1) is 16.4 Å². The van der Waals surface area contributed by atoms with E-state index >= 15 is 0 Å². The Kier molecular flexibility index (Phi) is 3.83. The molecule has 0 aliphatic heterocycles. The molecule has 0 bridgehead atoms. The maximum atomic E-state index is 12.0. The summed E-state index contributed by atoms with van der Waals surface area (Å²) in [4.78, 5) is 12.9. The van der Waals surface area contributed by atoms with E-state index in [1.807, 2.05) is 29.6 Å². The third-order valence-electron chi connectivity index (χ3n) is 2.84. The first-order valence-electron chi connectivity index (χ1n) is 6.46. The van der Waals surface area contributed by atoms with Gasteiger partial charge in [-0.2, -0.15) is 0 Å². The van der Waals surface area contributed by atoms with Crippen LogP contribution in [0.25, 0.3) is 10.6 Å². The van der Waals surface area contributed by atoms with Crippen molar-refractivity contribution in [3.05, 3.63) is 47.4 Å². The summed E-state index contributed by atoms with van der Waals surface area (Å²) in [6.07, 6.45) is 1.60. The van der Waals surface area contributed by atoms with E-state index in [0.29, 0.717) is 18.8 Å². The first-order chi connectivity index (χ1) is 10.3. The Hall–Kier alpha value is -2.41. The van der Waals surface area contributed by atoms with Gasteiger partial charge < -0.3 is 9.15 Å². The summed E-state index contributed by atoms with van der Waals surface area (Å²) in [5, 5.41) is 9.98. The van der Waals surface area contributed by atoms with Crippen LogP contribution in [0.5, 0.6) is 0 Å². The number of nitrogens with zero attached hydrogens (tertiary/aromatic N) is 3. The molecule has 7 heteroatoms. The predicted octanol–water partition coefficient (Wildman–Crippen LogP) is 2.82. The normalized spacial score (nSPS) is 10.7. The van der Waals surface area contributed by atoms with Gasteiger partial charge in [0.25, 0.3) is 0 Å². The number of hydrogen-bond acceptors (Lipinski definition) is 6. The second kappa shape index (κ2) is 5.92. The van der Waals surface area contributed by atoms with Crippen LogP contribution in [0.3, 0.4) is 0 Å². The van der Waals surface area contributed by atoms with Gasteiger partial charge >= 0.3 is 5.97 Å². The van der Waals surface area contributed by atoms with E-state index in [-0.39, 0.29) is 5.69 Å². The quantitative estimate of drug-likeness (QED) is 0.678. The minimum atomic E-state index is -0.466. The molecule has 3 aromatic rings. The Morgan fingerprint density at radius 2 is 2.33 bits per heavy atom. The molecule has 0 amide bonds. The monoisotopic (exact) mass is 303 g/mol. The standard InChI is InChI=1S/C14H13N3O3S/c1-2-19-14(18)12-13(11-6-4-8-21-11)17(16-15-12)9-10-5-3-7-20-10/h3-8H,2,9H2,1H3. The van der Waals surface area contributed by atoms with Gasteiger partial charge in [-0.25, -0.2) is 9.48 Å². The van der Waals surface area contributed by atoms with E-state index in [0.717, 1.165) is 10.6 Å². The number of hydrogen-bond donors (Lipinski definition) is 0. The van der Waals surface area contributed by atoms with Crippen LogP contribution >= 0.6 is 11.3 Å². The highest BCUT2D eigenvalue weighted by atomic mass is 32.1. The molecule has 108 valence electrons. The van der Waals surface area contributed by atoms with E-state index in [4.69, 9.17) is 9.15 Å². The zero-order valence-corrected chi connectivity index (χ0v) is 12.2. The van der Waals surface area contributed by atoms with Crippen LogP contribution in [0, 0.1) is 0 Å². The lowest BCUT2D eigenvalue weighted by molar-refractivity contribution is 0.0520. The number of ether oxygens (including phenoxy) is 1.